The predicted octanol–water partition coefficient (Wildman–Crippen LogP) is 4.22. The molecule has 0 atom stereocenters. The molecule has 19 heavy (non-hydrogen) atoms. The zero-order chi connectivity index (χ0) is 14.5. The Morgan fingerprint density at radius 2 is 1.89 bits per heavy atom. The van der Waals surface area contributed by atoms with Crippen LogP contribution < -0.4 is 4.74 Å². The van der Waals surface area contributed by atoms with E-state index in [0.717, 1.165) is 11.4 Å². The highest BCUT2D eigenvalue weighted by atomic mass is 35.5. The molecule has 0 amide bonds. The standard InChI is InChI=1S/C14H24ClNO2Si/c1-14(2,3)19(4,5)18-9-8-17-13-7-6-12(10-15)16-11-13/h6-7,11H,8-10H2,1-5H3. The molecule has 3 nitrogen and oxygen atoms in total. The van der Waals surface area contributed by atoms with Gasteiger partial charge in [0.15, 0.2) is 8.32 Å². The molecular weight excluding hydrogens is 278 g/mol. The summed E-state index contributed by atoms with van der Waals surface area (Å²) in [6.07, 6.45) is 1.70. The number of ether oxygens (including phenoxy) is 1. The van der Waals surface area contributed by atoms with Gasteiger partial charge in [-0.1, -0.05) is 20.8 Å². The Hall–Kier alpha value is -0.583. The minimum absolute atomic E-state index is 0.233. The van der Waals surface area contributed by atoms with Crippen LogP contribution in [-0.4, -0.2) is 26.5 Å². The fourth-order valence-electron chi connectivity index (χ4n) is 1.25. The number of aromatic nitrogens is 1. The van der Waals surface area contributed by atoms with Crippen molar-refractivity contribution in [3.63, 3.8) is 0 Å². The summed E-state index contributed by atoms with van der Waals surface area (Å²) in [5.74, 6) is 1.18. The first-order valence-corrected chi connectivity index (χ1v) is 9.98. The van der Waals surface area contributed by atoms with E-state index in [1.165, 1.54) is 0 Å². The highest BCUT2D eigenvalue weighted by molar-refractivity contribution is 6.74. The lowest BCUT2D eigenvalue weighted by molar-refractivity contribution is 0.203. The van der Waals surface area contributed by atoms with Gasteiger partial charge in [0.25, 0.3) is 0 Å². The van der Waals surface area contributed by atoms with Crippen molar-refractivity contribution >= 4 is 19.9 Å². The minimum atomic E-state index is -1.67. The van der Waals surface area contributed by atoms with E-state index in [0.29, 0.717) is 19.1 Å². The van der Waals surface area contributed by atoms with E-state index in [1.807, 2.05) is 12.1 Å². The van der Waals surface area contributed by atoms with Crippen LogP contribution in [0.2, 0.25) is 18.1 Å². The van der Waals surface area contributed by atoms with Crippen molar-refractivity contribution in [3.05, 3.63) is 24.0 Å². The van der Waals surface area contributed by atoms with Crippen LogP contribution >= 0.6 is 11.6 Å². The number of rotatable bonds is 6. The summed E-state index contributed by atoms with van der Waals surface area (Å²) < 4.78 is 11.6. The van der Waals surface area contributed by atoms with Gasteiger partial charge in [-0.3, -0.25) is 4.98 Å². The quantitative estimate of drug-likeness (QED) is 0.448. The smallest absolute Gasteiger partial charge is 0.192 e. The summed E-state index contributed by atoms with van der Waals surface area (Å²) in [6.45, 7) is 12.3. The molecule has 0 saturated heterocycles. The van der Waals surface area contributed by atoms with Crippen molar-refractivity contribution in [1.29, 1.82) is 0 Å². The van der Waals surface area contributed by atoms with Gasteiger partial charge in [-0.05, 0) is 30.3 Å². The molecule has 1 heterocycles. The highest BCUT2D eigenvalue weighted by Gasteiger charge is 2.36. The van der Waals surface area contributed by atoms with Crippen molar-refractivity contribution in [2.24, 2.45) is 0 Å². The van der Waals surface area contributed by atoms with E-state index in [2.05, 4.69) is 38.8 Å². The molecule has 0 radical (unpaired) electrons. The fraction of sp³-hybridized carbons (Fsp3) is 0.643. The molecule has 0 bridgehead atoms. The van der Waals surface area contributed by atoms with Crippen molar-refractivity contribution in [2.75, 3.05) is 13.2 Å². The molecule has 0 saturated carbocycles. The van der Waals surface area contributed by atoms with Crippen LogP contribution in [0.25, 0.3) is 0 Å². The molecule has 5 heteroatoms. The van der Waals surface area contributed by atoms with Gasteiger partial charge in [0.05, 0.1) is 24.4 Å². The van der Waals surface area contributed by atoms with Gasteiger partial charge < -0.3 is 9.16 Å². The normalized spacial score (nSPS) is 12.5. The molecule has 0 aliphatic rings. The van der Waals surface area contributed by atoms with Gasteiger partial charge in [0, 0.05) is 0 Å². The average Bonchev–Trinajstić information content (AvgIpc) is 2.34. The summed E-state index contributed by atoms with van der Waals surface area (Å²) in [4.78, 5) is 4.17. The van der Waals surface area contributed by atoms with Crippen molar-refractivity contribution in [1.82, 2.24) is 4.98 Å². The number of hydrogen-bond donors (Lipinski definition) is 0. The molecule has 1 rings (SSSR count). The van der Waals surface area contributed by atoms with Gasteiger partial charge in [-0.15, -0.1) is 11.6 Å². The van der Waals surface area contributed by atoms with E-state index in [9.17, 15) is 0 Å². The first-order chi connectivity index (χ1) is 8.76. The Morgan fingerprint density at radius 1 is 1.21 bits per heavy atom. The molecule has 0 aromatic carbocycles. The lowest BCUT2D eigenvalue weighted by Crippen LogP contribution is -2.41. The monoisotopic (exact) mass is 301 g/mol. The fourth-order valence-corrected chi connectivity index (χ4v) is 2.43. The SMILES string of the molecule is CC(C)(C)[Si](C)(C)OCCOc1ccc(CCl)nc1. The Balaban J connectivity index is 2.34. The van der Waals surface area contributed by atoms with Gasteiger partial charge >= 0.3 is 0 Å². The molecule has 0 aliphatic carbocycles. The maximum absolute atomic E-state index is 6.03. The number of halogens is 1. The topological polar surface area (TPSA) is 31.4 Å². The first kappa shape index (κ1) is 16.5. The molecule has 0 N–H and O–H groups in total. The lowest BCUT2D eigenvalue weighted by atomic mass is 10.2. The Morgan fingerprint density at radius 3 is 2.37 bits per heavy atom. The Bertz CT molecular complexity index is 387. The second kappa shape index (κ2) is 6.73. The van der Waals surface area contributed by atoms with Crippen LogP contribution in [0.4, 0.5) is 0 Å². The van der Waals surface area contributed by atoms with E-state index < -0.39 is 8.32 Å². The van der Waals surface area contributed by atoms with Gasteiger partial charge in [0.1, 0.15) is 12.4 Å². The highest BCUT2D eigenvalue weighted by Crippen LogP contribution is 2.36. The Kier molecular flexibility index (Phi) is 5.83. The summed E-state index contributed by atoms with van der Waals surface area (Å²) in [6, 6.07) is 3.76. The van der Waals surface area contributed by atoms with Crippen molar-refractivity contribution in [2.45, 2.75) is 44.8 Å². The van der Waals surface area contributed by atoms with E-state index in [-0.39, 0.29) is 5.04 Å². The summed E-state index contributed by atoms with van der Waals surface area (Å²) in [7, 11) is -1.67. The summed E-state index contributed by atoms with van der Waals surface area (Å²) >= 11 is 5.68. The third kappa shape index (κ3) is 5.13. The van der Waals surface area contributed by atoms with E-state index in [1.54, 1.807) is 6.20 Å². The van der Waals surface area contributed by atoms with Gasteiger partial charge in [0.2, 0.25) is 0 Å². The molecule has 0 unspecified atom stereocenters. The van der Waals surface area contributed by atoms with Crippen LogP contribution in [0.1, 0.15) is 26.5 Å². The zero-order valence-corrected chi connectivity index (χ0v) is 14.3. The largest absolute Gasteiger partial charge is 0.490 e. The minimum Gasteiger partial charge on any atom is -0.490 e. The predicted molar refractivity (Wildman–Crippen MR) is 82.4 cm³/mol. The lowest BCUT2D eigenvalue weighted by Gasteiger charge is -2.36. The molecule has 0 spiro atoms. The molecular formula is C14H24ClNO2Si. The zero-order valence-electron chi connectivity index (χ0n) is 12.5. The van der Waals surface area contributed by atoms with Crippen LogP contribution in [0, 0.1) is 0 Å². The molecule has 0 fully saturated rings. The Labute approximate surface area is 122 Å². The van der Waals surface area contributed by atoms with E-state index in [4.69, 9.17) is 20.8 Å². The molecule has 0 aliphatic heterocycles. The van der Waals surface area contributed by atoms with Crippen molar-refractivity contribution in [3.8, 4) is 5.75 Å². The number of hydrogen-bond acceptors (Lipinski definition) is 3. The number of pyridine rings is 1. The second-order valence-corrected chi connectivity index (χ2v) is 11.2. The second-order valence-electron chi connectivity index (χ2n) is 6.08. The summed E-state index contributed by atoms with van der Waals surface area (Å²) in [5, 5.41) is 0.233. The maximum atomic E-state index is 6.03. The van der Waals surface area contributed by atoms with Crippen LogP contribution in [0.15, 0.2) is 18.3 Å². The first-order valence-electron chi connectivity index (χ1n) is 6.54. The molecule has 1 aromatic rings. The van der Waals surface area contributed by atoms with Gasteiger partial charge in [-0.2, -0.15) is 0 Å². The average molecular weight is 302 g/mol. The van der Waals surface area contributed by atoms with Crippen LogP contribution in [0.5, 0.6) is 5.75 Å². The van der Waals surface area contributed by atoms with Crippen LogP contribution in [-0.2, 0) is 10.3 Å². The maximum Gasteiger partial charge on any atom is 0.192 e. The van der Waals surface area contributed by atoms with Gasteiger partial charge in [-0.25, -0.2) is 0 Å². The third-order valence-corrected chi connectivity index (χ3v) is 8.37. The van der Waals surface area contributed by atoms with Crippen LogP contribution in [0.3, 0.4) is 0 Å². The summed E-state index contributed by atoms with van der Waals surface area (Å²) in [5.41, 5.74) is 0.853. The number of alkyl halides is 1. The molecule has 108 valence electrons. The number of nitrogens with zero attached hydrogens (tertiary/aromatic N) is 1. The van der Waals surface area contributed by atoms with E-state index >= 15 is 0 Å². The van der Waals surface area contributed by atoms with Crippen molar-refractivity contribution < 1.29 is 9.16 Å². The molecule has 1 aromatic heterocycles. The third-order valence-electron chi connectivity index (χ3n) is 3.56.